The first-order valence-electron chi connectivity index (χ1n) is 5.88. The molecule has 0 fully saturated rings. The number of halogens is 1. The molecule has 1 rings (SSSR count). The van der Waals surface area contributed by atoms with E-state index in [4.69, 9.17) is 0 Å². The summed E-state index contributed by atoms with van der Waals surface area (Å²) in [6.45, 7) is 4.49. The average Bonchev–Trinajstić information content (AvgIpc) is 2.30. The second-order valence-corrected chi connectivity index (χ2v) is 7.15. The fourth-order valence-electron chi connectivity index (χ4n) is 1.46. The number of benzene rings is 1. The van der Waals surface area contributed by atoms with Crippen molar-refractivity contribution in [1.29, 1.82) is 0 Å². The van der Waals surface area contributed by atoms with Crippen LogP contribution >= 0.6 is 15.9 Å². The van der Waals surface area contributed by atoms with E-state index in [1.807, 2.05) is 0 Å². The molecule has 0 spiro atoms. The molecule has 0 nitrogen and oxygen atoms in total. The van der Waals surface area contributed by atoms with Gasteiger partial charge in [-0.05, 0) is 0 Å². The van der Waals surface area contributed by atoms with Gasteiger partial charge in [0.05, 0.1) is 0 Å². The number of allylic oxidation sites excluding steroid dienone is 2. The van der Waals surface area contributed by atoms with Crippen LogP contribution < -0.4 is 4.46 Å². The Bertz CT molecular complexity index is 330. The van der Waals surface area contributed by atoms with Gasteiger partial charge in [-0.15, -0.1) is 0 Å². The minimum atomic E-state index is 0.491. The van der Waals surface area contributed by atoms with Crippen LogP contribution in [0.3, 0.4) is 0 Å². The quantitative estimate of drug-likeness (QED) is 0.677. The van der Waals surface area contributed by atoms with Gasteiger partial charge in [-0.2, -0.15) is 0 Å². The molecule has 0 unspecified atom stereocenters. The first-order chi connectivity index (χ1) is 7.77. The van der Waals surface area contributed by atoms with E-state index >= 15 is 0 Å². The summed E-state index contributed by atoms with van der Waals surface area (Å²) >= 11 is 4.25. The average molecular weight is 346 g/mol. The number of hydrogen-bond acceptors (Lipinski definition) is 0. The van der Waals surface area contributed by atoms with Gasteiger partial charge in [0.1, 0.15) is 0 Å². The second-order valence-electron chi connectivity index (χ2n) is 3.74. The fraction of sp³-hybridized carbons (Fsp3) is 0.429. The first-order valence-corrected chi connectivity index (χ1v) is 8.39. The molecule has 2 heteroatoms. The molecular weight excluding hydrogens is 327 g/mol. The Morgan fingerprint density at radius 3 is 2.25 bits per heavy atom. The van der Waals surface area contributed by atoms with Crippen molar-refractivity contribution < 1.29 is 0 Å². The predicted molar refractivity (Wildman–Crippen MR) is 77.6 cm³/mol. The van der Waals surface area contributed by atoms with Crippen LogP contribution in [-0.2, 0) is 0 Å². The van der Waals surface area contributed by atoms with Gasteiger partial charge in [-0.1, -0.05) is 0 Å². The monoisotopic (exact) mass is 346 g/mol. The van der Waals surface area contributed by atoms with Gasteiger partial charge in [0.2, 0.25) is 0 Å². The van der Waals surface area contributed by atoms with Crippen molar-refractivity contribution >= 4 is 35.3 Å². The number of rotatable bonds is 6. The molecule has 0 bridgehead atoms. The first kappa shape index (κ1) is 14.0. The van der Waals surface area contributed by atoms with Crippen LogP contribution in [0.25, 0.3) is 0 Å². The van der Waals surface area contributed by atoms with E-state index in [2.05, 4.69) is 60.1 Å². The Balaban J connectivity index is 2.75. The van der Waals surface area contributed by atoms with Crippen LogP contribution in [0.1, 0.15) is 39.5 Å². The van der Waals surface area contributed by atoms with Gasteiger partial charge in [0, 0.05) is 0 Å². The van der Waals surface area contributed by atoms with Gasteiger partial charge in [-0.3, -0.25) is 0 Å². The maximum atomic E-state index is 3.76. The van der Waals surface area contributed by atoms with Gasteiger partial charge in [0.15, 0.2) is 0 Å². The summed E-state index contributed by atoms with van der Waals surface area (Å²) in [5, 5.41) is 0. The normalized spacial score (nSPS) is 12.4. The van der Waals surface area contributed by atoms with Gasteiger partial charge in [0.25, 0.3) is 0 Å². The summed E-state index contributed by atoms with van der Waals surface area (Å²) in [5.74, 6) is 0. The zero-order valence-corrected chi connectivity index (χ0v) is 13.3. The molecule has 1 aromatic rings. The molecule has 0 saturated carbocycles. The van der Waals surface area contributed by atoms with Crippen molar-refractivity contribution in [2.75, 3.05) is 0 Å². The van der Waals surface area contributed by atoms with E-state index < -0.39 is 0 Å². The third-order valence-corrected chi connectivity index (χ3v) is 6.23. The summed E-state index contributed by atoms with van der Waals surface area (Å²) in [4.78, 5) is 0. The van der Waals surface area contributed by atoms with Crippen LogP contribution in [0.5, 0.6) is 0 Å². The third-order valence-electron chi connectivity index (χ3n) is 2.23. The molecular formula is C14H19BrSe. The molecule has 0 aliphatic carbocycles. The fourth-order valence-corrected chi connectivity index (χ4v) is 4.78. The van der Waals surface area contributed by atoms with Gasteiger partial charge in [-0.25, -0.2) is 0 Å². The summed E-state index contributed by atoms with van der Waals surface area (Å²) < 4.78 is 4.55. The van der Waals surface area contributed by atoms with Crippen LogP contribution in [0, 0.1) is 0 Å². The Hall–Kier alpha value is -0.0405. The SMILES string of the molecule is CCC/C(Br)=C(/CCC)[Se]c1ccccc1. The van der Waals surface area contributed by atoms with E-state index in [0.29, 0.717) is 15.0 Å². The summed E-state index contributed by atoms with van der Waals surface area (Å²) in [5.41, 5.74) is 0. The predicted octanol–water partition coefficient (Wildman–Crippen LogP) is 4.22. The molecule has 0 saturated heterocycles. The summed E-state index contributed by atoms with van der Waals surface area (Å²) in [7, 11) is 0. The molecule has 16 heavy (non-hydrogen) atoms. The Morgan fingerprint density at radius 2 is 1.69 bits per heavy atom. The molecule has 1 aromatic carbocycles. The Kier molecular flexibility index (Phi) is 7.11. The number of hydrogen-bond donors (Lipinski definition) is 0. The molecule has 88 valence electrons. The van der Waals surface area contributed by atoms with Crippen molar-refractivity contribution in [3.05, 3.63) is 39.3 Å². The van der Waals surface area contributed by atoms with E-state index in [-0.39, 0.29) is 0 Å². The van der Waals surface area contributed by atoms with Crippen LogP contribution in [0.2, 0.25) is 0 Å². The molecule has 0 amide bonds. The zero-order chi connectivity index (χ0) is 11.8. The minimum absolute atomic E-state index is 0.491. The molecule has 0 aliphatic rings. The van der Waals surface area contributed by atoms with E-state index in [1.165, 1.54) is 34.6 Å². The van der Waals surface area contributed by atoms with E-state index in [0.717, 1.165) is 0 Å². The van der Waals surface area contributed by atoms with E-state index in [9.17, 15) is 0 Å². The van der Waals surface area contributed by atoms with Crippen LogP contribution in [-0.4, -0.2) is 15.0 Å². The van der Waals surface area contributed by atoms with Gasteiger partial charge >= 0.3 is 114 Å². The second kappa shape index (κ2) is 8.11. The standard InChI is InChI=1S/C14H19BrSe/c1-3-8-13(15)14(9-4-2)16-12-10-6-5-7-11-12/h5-7,10-11H,3-4,8-9H2,1-2H3/b14-13+. The maximum absolute atomic E-state index is 3.76. The molecule has 0 aliphatic heterocycles. The summed E-state index contributed by atoms with van der Waals surface area (Å²) in [6, 6.07) is 10.8. The van der Waals surface area contributed by atoms with Crippen LogP contribution in [0.15, 0.2) is 39.3 Å². The third kappa shape index (κ3) is 4.86. The van der Waals surface area contributed by atoms with Gasteiger partial charge < -0.3 is 0 Å². The molecule has 0 atom stereocenters. The topological polar surface area (TPSA) is 0 Å². The van der Waals surface area contributed by atoms with Crippen molar-refractivity contribution in [3.8, 4) is 0 Å². The molecule has 0 aromatic heterocycles. The zero-order valence-electron chi connectivity index (χ0n) is 10.0. The van der Waals surface area contributed by atoms with Crippen molar-refractivity contribution in [2.45, 2.75) is 39.5 Å². The Morgan fingerprint density at radius 1 is 1.06 bits per heavy atom. The van der Waals surface area contributed by atoms with E-state index in [1.54, 1.807) is 4.47 Å². The molecule has 0 radical (unpaired) electrons. The van der Waals surface area contributed by atoms with Crippen molar-refractivity contribution in [3.63, 3.8) is 0 Å². The molecule has 0 heterocycles. The Labute approximate surface area is 114 Å². The molecule has 0 N–H and O–H groups in total. The van der Waals surface area contributed by atoms with Crippen molar-refractivity contribution in [1.82, 2.24) is 0 Å². The summed E-state index contributed by atoms with van der Waals surface area (Å²) in [6.07, 6.45) is 4.88. The van der Waals surface area contributed by atoms with Crippen molar-refractivity contribution in [2.24, 2.45) is 0 Å². The van der Waals surface area contributed by atoms with Crippen LogP contribution in [0.4, 0.5) is 0 Å².